The van der Waals surface area contributed by atoms with E-state index >= 15 is 0 Å². The second-order valence-corrected chi connectivity index (χ2v) is 4.10. The summed E-state index contributed by atoms with van der Waals surface area (Å²) in [5.41, 5.74) is 0.947. The Kier molecular flexibility index (Phi) is 3.94. The molecule has 5 heteroatoms. The van der Waals surface area contributed by atoms with Gasteiger partial charge in [-0.3, -0.25) is 4.79 Å². The smallest absolute Gasteiger partial charge is 0.251 e. The minimum Gasteiger partial charge on any atom is -0.347 e. The topological polar surface area (TPSA) is 81.6 Å². The Bertz CT molecular complexity index is 598. The van der Waals surface area contributed by atoms with Crippen LogP contribution < -0.4 is 5.32 Å². The molecule has 2 rings (SSSR count). The lowest BCUT2D eigenvalue weighted by atomic mass is 10.1. The standard InChI is InChI=1S/C14H14N4O/c1-2-12(13-16-6-7-17-13)18-14(19)11-5-3-4-10(8-11)9-15/h3-8,12H,2H2,1H3,(H,16,17)(H,18,19). The molecule has 0 fully saturated rings. The van der Waals surface area contributed by atoms with Crippen molar-refractivity contribution in [1.29, 1.82) is 5.26 Å². The Morgan fingerprint density at radius 2 is 2.42 bits per heavy atom. The van der Waals surface area contributed by atoms with Crippen molar-refractivity contribution < 1.29 is 4.79 Å². The quantitative estimate of drug-likeness (QED) is 0.877. The highest BCUT2D eigenvalue weighted by atomic mass is 16.1. The van der Waals surface area contributed by atoms with Gasteiger partial charge in [0.2, 0.25) is 0 Å². The summed E-state index contributed by atoms with van der Waals surface area (Å²) in [5.74, 6) is 0.521. The molecule has 1 aromatic heterocycles. The number of hydrogen-bond acceptors (Lipinski definition) is 3. The third-order valence-electron chi connectivity index (χ3n) is 2.82. The molecule has 0 saturated heterocycles. The number of nitrogens with zero attached hydrogens (tertiary/aromatic N) is 2. The van der Waals surface area contributed by atoms with Gasteiger partial charge in [-0.15, -0.1) is 0 Å². The van der Waals surface area contributed by atoms with E-state index in [4.69, 9.17) is 5.26 Å². The fourth-order valence-electron chi connectivity index (χ4n) is 1.80. The molecule has 1 atom stereocenters. The molecule has 0 aliphatic heterocycles. The number of rotatable bonds is 4. The first-order valence-electron chi connectivity index (χ1n) is 6.05. The Balaban J connectivity index is 2.14. The molecule has 0 aliphatic rings. The molecular weight excluding hydrogens is 240 g/mol. The maximum Gasteiger partial charge on any atom is 0.251 e. The summed E-state index contributed by atoms with van der Waals surface area (Å²) in [6, 6.07) is 8.48. The van der Waals surface area contributed by atoms with Crippen LogP contribution in [0.15, 0.2) is 36.7 Å². The number of nitrogens with one attached hydrogen (secondary N) is 2. The van der Waals surface area contributed by atoms with Crippen molar-refractivity contribution in [2.24, 2.45) is 0 Å². The van der Waals surface area contributed by atoms with Crippen molar-refractivity contribution in [3.63, 3.8) is 0 Å². The molecule has 1 heterocycles. The molecule has 1 unspecified atom stereocenters. The van der Waals surface area contributed by atoms with Crippen molar-refractivity contribution in [3.8, 4) is 6.07 Å². The highest BCUT2D eigenvalue weighted by Gasteiger charge is 2.15. The van der Waals surface area contributed by atoms with Crippen LogP contribution in [0, 0.1) is 11.3 Å². The molecule has 2 aromatic rings. The number of aromatic nitrogens is 2. The van der Waals surface area contributed by atoms with E-state index in [-0.39, 0.29) is 11.9 Å². The second-order valence-electron chi connectivity index (χ2n) is 4.10. The van der Waals surface area contributed by atoms with Crippen molar-refractivity contribution >= 4 is 5.91 Å². The number of benzene rings is 1. The van der Waals surface area contributed by atoms with Crippen LogP contribution in [0.1, 0.15) is 41.1 Å². The molecule has 0 saturated carbocycles. The van der Waals surface area contributed by atoms with Crippen molar-refractivity contribution in [2.45, 2.75) is 19.4 Å². The maximum atomic E-state index is 12.1. The highest BCUT2D eigenvalue weighted by Crippen LogP contribution is 2.13. The summed E-state index contributed by atoms with van der Waals surface area (Å²) in [7, 11) is 0. The zero-order valence-electron chi connectivity index (χ0n) is 10.6. The first-order valence-corrected chi connectivity index (χ1v) is 6.05. The molecular formula is C14H14N4O. The zero-order valence-corrected chi connectivity index (χ0v) is 10.6. The molecule has 0 bridgehead atoms. The summed E-state index contributed by atoms with van der Waals surface area (Å²) < 4.78 is 0. The van der Waals surface area contributed by atoms with Crippen LogP contribution in [-0.2, 0) is 0 Å². The highest BCUT2D eigenvalue weighted by molar-refractivity contribution is 5.94. The first-order chi connectivity index (χ1) is 9.24. The van der Waals surface area contributed by atoms with Gasteiger partial charge in [0, 0.05) is 18.0 Å². The number of nitriles is 1. The number of carbonyl (C=O) groups is 1. The Hall–Kier alpha value is -2.61. The van der Waals surface area contributed by atoms with E-state index in [0.717, 1.165) is 12.2 Å². The lowest BCUT2D eigenvalue weighted by Crippen LogP contribution is -2.28. The van der Waals surface area contributed by atoms with E-state index < -0.39 is 0 Å². The normalized spacial score (nSPS) is 11.6. The number of aromatic amines is 1. The fraction of sp³-hybridized carbons (Fsp3) is 0.214. The van der Waals surface area contributed by atoms with E-state index in [9.17, 15) is 4.79 Å². The van der Waals surface area contributed by atoms with Gasteiger partial charge in [0.05, 0.1) is 17.7 Å². The van der Waals surface area contributed by atoms with E-state index in [1.807, 2.05) is 13.0 Å². The lowest BCUT2D eigenvalue weighted by molar-refractivity contribution is 0.0934. The van der Waals surface area contributed by atoms with Gasteiger partial charge in [-0.05, 0) is 24.6 Å². The van der Waals surface area contributed by atoms with Gasteiger partial charge in [0.1, 0.15) is 5.82 Å². The summed E-state index contributed by atoms with van der Waals surface area (Å²) in [6.45, 7) is 1.97. The summed E-state index contributed by atoms with van der Waals surface area (Å²) in [6.07, 6.45) is 4.11. The molecule has 19 heavy (non-hydrogen) atoms. The van der Waals surface area contributed by atoms with Crippen LogP contribution in [0.3, 0.4) is 0 Å². The van der Waals surface area contributed by atoms with Gasteiger partial charge in [-0.1, -0.05) is 13.0 Å². The Morgan fingerprint density at radius 1 is 1.58 bits per heavy atom. The van der Waals surface area contributed by atoms with Crippen LogP contribution in [0.4, 0.5) is 0 Å². The second kappa shape index (κ2) is 5.83. The lowest BCUT2D eigenvalue weighted by Gasteiger charge is -2.14. The molecule has 1 aromatic carbocycles. The predicted molar refractivity (Wildman–Crippen MR) is 70.2 cm³/mol. The third kappa shape index (κ3) is 2.99. The maximum absolute atomic E-state index is 12.1. The summed E-state index contributed by atoms with van der Waals surface area (Å²) in [5, 5.41) is 11.7. The molecule has 0 spiro atoms. The molecule has 5 nitrogen and oxygen atoms in total. The van der Waals surface area contributed by atoms with E-state index in [0.29, 0.717) is 11.1 Å². The van der Waals surface area contributed by atoms with Gasteiger partial charge >= 0.3 is 0 Å². The molecule has 0 radical (unpaired) electrons. The summed E-state index contributed by atoms with van der Waals surface area (Å²) in [4.78, 5) is 19.2. The molecule has 0 aliphatic carbocycles. The number of hydrogen-bond donors (Lipinski definition) is 2. The van der Waals surface area contributed by atoms with Gasteiger partial charge in [0.25, 0.3) is 5.91 Å². The van der Waals surface area contributed by atoms with Crippen LogP contribution >= 0.6 is 0 Å². The van der Waals surface area contributed by atoms with Crippen LogP contribution in [0.5, 0.6) is 0 Å². The minimum absolute atomic E-state index is 0.159. The zero-order chi connectivity index (χ0) is 13.7. The average Bonchev–Trinajstić information content (AvgIpc) is 2.98. The van der Waals surface area contributed by atoms with Gasteiger partial charge in [0.15, 0.2) is 0 Å². The third-order valence-corrected chi connectivity index (χ3v) is 2.82. The average molecular weight is 254 g/mol. The monoisotopic (exact) mass is 254 g/mol. The van der Waals surface area contributed by atoms with E-state index in [1.54, 1.807) is 36.7 Å². The molecule has 1 amide bonds. The molecule has 96 valence electrons. The van der Waals surface area contributed by atoms with Crippen LogP contribution in [0.25, 0.3) is 0 Å². The molecule has 2 N–H and O–H groups in total. The Labute approximate surface area is 111 Å². The minimum atomic E-state index is -0.208. The van der Waals surface area contributed by atoms with Crippen LogP contribution in [-0.4, -0.2) is 15.9 Å². The van der Waals surface area contributed by atoms with Gasteiger partial charge in [-0.2, -0.15) is 5.26 Å². The number of imidazole rings is 1. The number of amides is 1. The van der Waals surface area contributed by atoms with Crippen molar-refractivity contribution in [1.82, 2.24) is 15.3 Å². The van der Waals surface area contributed by atoms with Crippen molar-refractivity contribution in [3.05, 3.63) is 53.6 Å². The van der Waals surface area contributed by atoms with Crippen LogP contribution in [0.2, 0.25) is 0 Å². The van der Waals surface area contributed by atoms with Crippen molar-refractivity contribution in [2.75, 3.05) is 0 Å². The Morgan fingerprint density at radius 3 is 3.05 bits per heavy atom. The predicted octanol–water partition coefficient (Wildman–Crippen LogP) is 2.16. The van der Waals surface area contributed by atoms with E-state index in [2.05, 4.69) is 15.3 Å². The number of H-pyrrole nitrogens is 1. The first kappa shape index (κ1) is 12.8. The van der Waals surface area contributed by atoms with Gasteiger partial charge < -0.3 is 10.3 Å². The fourth-order valence-corrected chi connectivity index (χ4v) is 1.80. The number of carbonyl (C=O) groups excluding carboxylic acids is 1. The SMILES string of the molecule is CCC(NC(=O)c1cccc(C#N)c1)c1ncc[nH]1. The van der Waals surface area contributed by atoms with E-state index in [1.165, 1.54) is 0 Å². The largest absolute Gasteiger partial charge is 0.347 e. The summed E-state index contributed by atoms with van der Waals surface area (Å²) >= 11 is 0. The van der Waals surface area contributed by atoms with Gasteiger partial charge in [-0.25, -0.2) is 4.98 Å².